The predicted octanol–water partition coefficient (Wildman–Crippen LogP) is 1.63. The topological polar surface area (TPSA) is 57.2 Å². The smallest absolute Gasteiger partial charge is 0.225 e. The van der Waals surface area contributed by atoms with Crippen molar-refractivity contribution >= 4 is 17.6 Å². The zero-order valence-electron chi connectivity index (χ0n) is 12.2. The Morgan fingerprint density at radius 3 is 2.43 bits per heavy atom. The second-order valence-corrected chi connectivity index (χ2v) is 4.93. The molecule has 0 radical (unpaired) electrons. The maximum atomic E-state index is 4.65. The molecule has 2 aromatic rings. The molecule has 1 saturated heterocycles. The normalized spacial score (nSPS) is 15.1. The van der Waals surface area contributed by atoms with Crippen LogP contribution in [0.25, 0.3) is 0 Å². The Balaban J connectivity index is 1.64. The fraction of sp³-hybridized carbons (Fsp3) is 0.400. The van der Waals surface area contributed by atoms with Gasteiger partial charge in [0, 0.05) is 45.1 Å². The molecule has 0 spiro atoms. The SMILES string of the molecule is CCNc1cccc(N2CCN(c3ncccn3)CC2)n1. The van der Waals surface area contributed by atoms with Crippen molar-refractivity contribution < 1.29 is 0 Å². The van der Waals surface area contributed by atoms with Crippen molar-refractivity contribution in [2.75, 3.05) is 47.8 Å². The van der Waals surface area contributed by atoms with E-state index in [0.717, 1.165) is 50.3 Å². The molecule has 0 aliphatic carbocycles. The third-order valence-electron chi connectivity index (χ3n) is 3.53. The fourth-order valence-corrected chi connectivity index (χ4v) is 2.47. The zero-order valence-corrected chi connectivity index (χ0v) is 12.2. The maximum absolute atomic E-state index is 4.65. The third kappa shape index (κ3) is 3.21. The van der Waals surface area contributed by atoms with Gasteiger partial charge < -0.3 is 15.1 Å². The molecule has 21 heavy (non-hydrogen) atoms. The summed E-state index contributed by atoms with van der Waals surface area (Å²) >= 11 is 0. The van der Waals surface area contributed by atoms with Gasteiger partial charge in [0.1, 0.15) is 11.6 Å². The van der Waals surface area contributed by atoms with Gasteiger partial charge in [-0.1, -0.05) is 6.07 Å². The van der Waals surface area contributed by atoms with E-state index in [-0.39, 0.29) is 0 Å². The summed E-state index contributed by atoms with van der Waals surface area (Å²) in [5, 5.41) is 3.25. The van der Waals surface area contributed by atoms with Gasteiger partial charge in [0.15, 0.2) is 0 Å². The Labute approximate surface area is 124 Å². The first kappa shape index (κ1) is 13.6. The summed E-state index contributed by atoms with van der Waals surface area (Å²) in [7, 11) is 0. The van der Waals surface area contributed by atoms with Crippen LogP contribution in [-0.2, 0) is 0 Å². The van der Waals surface area contributed by atoms with Crippen molar-refractivity contribution in [1.82, 2.24) is 15.0 Å². The number of hydrogen-bond donors (Lipinski definition) is 1. The van der Waals surface area contributed by atoms with Crippen LogP contribution in [0.3, 0.4) is 0 Å². The van der Waals surface area contributed by atoms with Crippen LogP contribution in [0.1, 0.15) is 6.92 Å². The highest BCUT2D eigenvalue weighted by atomic mass is 15.3. The van der Waals surface area contributed by atoms with Gasteiger partial charge in [-0.25, -0.2) is 15.0 Å². The van der Waals surface area contributed by atoms with E-state index in [4.69, 9.17) is 0 Å². The Bertz CT molecular complexity index is 565. The molecular formula is C15H20N6. The summed E-state index contributed by atoms with van der Waals surface area (Å²) in [4.78, 5) is 17.8. The fourth-order valence-electron chi connectivity index (χ4n) is 2.47. The summed E-state index contributed by atoms with van der Waals surface area (Å²) in [5.41, 5.74) is 0. The van der Waals surface area contributed by atoms with E-state index in [0.29, 0.717) is 0 Å². The molecule has 1 N–H and O–H groups in total. The summed E-state index contributed by atoms with van der Waals surface area (Å²) in [6.45, 7) is 6.65. The van der Waals surface area contributed by atoms with Crippen LogP contribution in [0.15, 0.2) is 36.7 Å². The van der Waals surface area contributed by atoms with Gasteiger partial charge in [-0.2, -0.15) is 0 Å². The van der Waals surface area contributed by atoms with Crippen molar-refractivity contribution in [3.63, 3.8) is 0 Å². The first-order valence-corrected chi connectivity index (χ1v) is 7.34. The van der Waals surface area contributed by atoms with Crippen LogP contribution >= 0.6 is 0 Å². The molecule has 1 aliphatic heterocycles. The van der Waals surface area contributed by atoms with Gasteiger partial charge in [0.25, 0.3) is 0 Å². The minimum atomic E-state index is 0.812. The highest BCUT2D eigenvalue weighted by molar-refractivity contribution is 5.48. The molecule has 0 unspecified atom stereocenters. The average molecular weight is 284 g/mol. The molecule has 1 fully saturated rings. The molecule has 0 bridgehead atoms. The monoisotopic (exact) mass is 284 g/mol. The van der Waals surface area contributed by atoms with Crippen molar-refractivity contribution in [1.29, 1.82) is 0 Å². The summed E-state index contributed by atoms with van der Waals surface area (Å²) in [6.07, 6.45) is 3.58. The number of aromatic nitrogens is 3. The number of hydrogen-bond acceptors (Lipinski definition) is 6. The van der Waals surface area contributed by atoms with E-state index in [1.54, 1.807) is 12.4 Å². The van der Waals surface area contributed by atoms with E-state index in [1.807, 2.05) is 18.2 Å². The first-order valence-electron chi connectivity index (χ1n) is 7.34. The van der Waals surface area contributed by atoms with Crippen LogP contribution in [0, 0.1) is 0 Å². The van der Waals surface area contributed by atoms with Crippen molar-refractivity contribution in [2.24, 2.45) is 0 Å². The number of anilines is 3. The highest BCUT2D eigenvalue weighted by Gasteiger charge is 2.19. The van der Waals surface area contributed by atoms with Gasteiger partial charge >= 0.3 is 0 Å². The Hall–Kier alpha value is -2.37. The molecule has 6 heteroatoms. The zero-order chi connectivity index (χ0) is 14.5. The molecule has 0 saturated carbocycles. The molecule has 0 atom stereocenters. The van der Waals surface area contributed by atoms with Gasteiger partial charge in [-0.05, 0) is 25.1 Å². The summed E-state index contributed by atoms with van der Waals surface area (Å²) in [6, 6.07) is 7.96. The van der Waals surface area contributed by atoms with E-state index in [1.165, 1.54) is 0 Å². The quantitative estimate of drug-likeness (QED) is 0.921. The van der Waals surface area contributed by atoms with Gasteiger partial charge in [0.05, 0.1) is 0 Å². The second-order valence-electron chi connectivity index (χ2n) is 4.93. The Morgan fingerprint density at radius 2 is 1.71 bits per heavy atom. The largest absolute Gasteiger partial charge is 0.370 e. The van der Waals surface area contributed by atoms with Crippen LogP contribution in [-0.4, -0.2) is 47.7 Å². The number of pyridine rings is 1. The number of piperazine rings is 1. The molecule has 6 nitrogen and oxygen atoms in total. The van der Waals surface area contributed by atoms with Gasteiger partial charge in [-0.15, -0.1) is 0 Å². The number of nitrogens with zero attached hydrogens (tertiary/aromatic N) is 5. The minimum Gasteiger partial charge on any atom is -0.370 e. The summed E-state index contributed by atoms with van der Waals surface area (Å²) < 4.78 is 0. The standard InChI is InChI=1S/C15H20N6/c1-2-16-13-5-3-6-14(19-13)20-9-11-21(12-10-20)15-17-7-4-8-18-15/h3-8H,2,9-12H2,1H3,(H,16,19). The van der Waals surface area contributed by atoms with E-state index >= 15 is 0 Å². The van der Waals surface area contributed by atoms with Crippen LogP contribution in [0.2, 0.25) is 0 Å². The first-order chi connectivity index (χ1) is 10.4. The molecule has 0 aromatic carbocycles. The molecule has 0 amide bonds. The third-order valence-corrected chi connectivity index (χ3v) is 3.53. The molecular weight excluding hydrogens is 264 g/mol. The van der Waals surface area contributed by atoms with Crippen molar-refractivity contribution in [3.8, 4) is 0 Å². The lowest BCUT2D eigenvalue weighted by atomic mass is 10.3. The molecule has 2 aromatic heterocycles. The predicted molar refractivity (Wildman–Crippen MR) is 84.9 cm³/mol. The van der Waals surface area contributed by atoms with Gasteiger partial charge in [0.2, 0.25) is 5.95 Å². The maximum Gasteiger partial charge on any atom is 0.225 e. The lowest BCUT2D eigenvalue weighted by Gasteiger charge is -2.35. The van der Waals surface area contributed by atoms with E-state index in [9.17, 15) is 0 Å². The Kier molecular flexibility index (Phi) is 4.14. The summed E-state index contributed by atoms with van der Waals surface area (Å²) in [5.74, 6) is 2.78. The van der Waals surface area contributed by atoms with Crippen molar-refractivity contribution in [3.05, 3.63) is 36.7 Å². The number of nitrogens with one attached hydrogen (secondary N) is 1. The number of rotatable bonds is 4. The molecule has 3 rings (SSSR count). The van der Waals surface area contributed by atoms with Crippen LogP contribution < -0.4 is 15.1 Å². The Morgan fingerprint density at radius 1 is 1.00 bits per heavy atom. The van der Waals surface area contributed by atoms with Gasteiger partial charge in [-0.3, -0.25) is 0 Å². The average Bonchev–Trinajstić information content (AvgIpc) is 2.56. The second kappa shape index (κ2) is 6.39. The molecule has 1 aliphatic rings. The van der Waals surface area contributed by atoms with Crippen molar-refractivity contribution in [2.45, 2.75) is 6.92 Å². The highest BCUT2D eigenvalue weighted by Crippen LogP contribution is 2.17. The van der Waals surface area contributed by atoms with Crippen LogP contribution in [0.4, 0.5) is 17.6 Å². The lowest BCUT2D eigenvalue weighted by Crippen LogP contribution is -2.47. The minimum absolute atomic E-state index is 0.812. The molecule has 3 heterocycles. The molecule has 110 valence electrons. The van der Waals surface area contributed by atoms with Crippen LogP contribution in [0.5, 0.6) is 0 Å². The van der Waals surface area contributed by atoms with E-state index < -0.39 is 0 Å². The lowest BCUT2D eigenvalue weighted by molar-refractivity contribution is 0.635. The van der Waals surface area contributed by atoms with E-state index in [2.05, 4.69) is 43.1 Å².